The molecule has 17 nitrogen and oxygen atoms in total. The van der Waals surface area contributed by atoms with E-state index in [4.69, 9.17) is 29.8 Å². The minimum atomic E-state index is -4.23. The van der Waals surface area contributed by atoms with Crippen molar-refractivity contribution in [2.24, 2.45) is 5.50 Å². The fourth-order valence-electron chi connectivity index (χ4n) is 4.46. The van der Waals surface area contributed by atoms with Crippen molar-refractivity contribution in [2.45, 2.75) is 56.6 Å². The first-order valence-electron chi connectivity index (χ1n) is 11.6. The lowest BCUT2D eigenvalue weighted by atomic mass is 10.2. The highest BCUT2D eigenvalue weighted by atomic mass is 31.2. The number of aliphatic hydroxyl groups excluding tert-OH is 2. The van der Waals surface area contributed by atoms with Gasteiger partial charge in [-0.05, 0) is 6.92 Å². The van der Waals surface area contributed by atoms with E-state index < -0.39 is 62.5 Å². The topological polar surface area (TPSA) is 245 Å². The molecule has 0 saturated carbocycles. The maximum absolute atomic E-state index is 12.9. The number of aromatic amines is 1. The molecular weight excluding hydrogens is 527 g/mol. The number of imidazole rings is 1. The predicted octanol–water partition coefficient (Wildman–Crippen LogP) is -1.34. The Morgan fingerprint density at radius 3 is 2.68 bits per heavy atom. The molecule has 2 fully saturated rings. The SMILES string of the molecule is Cc1cn([C@H]2C[C@H](OP(N)(=O)OC[C@H]3O[C@@H](n4cnc5c(N)ncnc54)C[C@@H]3O)[C@@H](CO)O2)c(=O)[nH]c1=O. The van der Waals surface area contributed by atoms with Crippen molar-refractivity contribution in [1.29, 1.82) is 0 Å². The summed E-state index contributed by atoms with van der Waals surface area (Å²) in [6.07, 6.45) is -1.20. The van der Waals surface area contributed by atoms with Crippen LogP contribution in [0.5, 0.6) is 0 Å². The Morgan fingerprint density at radius 1 is 1.18 bits per heavy atom. The van der Waals surface area contributed by atoms with Gasteiger partial charge in [0, 0.05) is 24.6 Å². The van der Waals surface area contributed by atoms with Crippen LogP contribution in [0.1, 0.15) is 30.9 Å². The van der Waals surface area contributed by atoms with Gasteiger partial charge in [0.1, 0.15) is 42.6 Å². The van der Waals surface area contributed by atoms with Crippen molar-refractivity contribution in [3.05, 3.63) is 45.3 Å². The standard InChI is InChI=1S/C20H27N8O9P/c1-9-4-27(20(32)26-19(9)31)15-3-11(12(5-29)35-15)37-38(22,33)34-6-13-10(30)2-14(36-13)28-8-25-16-17(21)23-7-24-18(16)28/h4,7-8,10-15,29-30H,2-3,5-6H2,1H3,(H2,22,33)(H2,21,23,24)(H,26,31,32)/t10-,11-,12+,13+,14+,15+,38?/m0/s1. The molecule has 0 amide bonds. The summed E-state index contributed by atoms with van der Waals surface area (Å²) in [7, 11) is -4.23. The molecular formula is C20H27N8O9P. The van der Waals surface area contributed by atoms with E-state index in [2.05, 4.69) is 19.9 Å². The Hall–Kier alpha value is -3.02. The lowest BCUT2D eigenvalue weighted by molar-refractivity contribution is -0.0514. The molecule has 2 aliphatic rings. The van der Waals surface area contributed by atoms with Crippen LogP contribution in [0.4, 0.5) is 5.82 Å². The largest absolute Gasteiger partial charge is 0.403 e. The van der Waals surface area contributed by atoms with Gasteiger partial charge in [-0.3, -0.25) is 28.0 Å². The molecule has 206 valence electrons. The highest BCUT2D eigenvalue weighted by Crippen LogP contribution is 2.46. The zero-order valence-corrected chi connectivity index (χ0v) is 21.0. The lowest BCUT2D eigenvalue weighted by Gasteiger charge is -2.22. The molecule has 18 heteroatoms. The summed E-state index contributed by atoms with van der Waals surface area (Å²) in [4.78, 5) is 38.3. The van der Waals surface area contributed by atoms with Crippen LogP contribution in [-0.2, 0) is 23.1 Å². The third-order valence-corrected chi connectivity index (χ3v) is 7.49. The minimum absolute atomic E-state index is 0.00944. The molecule has 1 unspecified atom stereocenters. The quantitative estimate of drug-likeness (QED) is 0.202. The van der Waals surface area contributed by atoms with Crippen LogP contribution in [-0.4, -0.2) is 76.9 Å². The molecule has 3 aromatic heterocycles. The van der Waals surface area contributed by atoms with Crippen LogP contribution in [0, 0.1) is 6.92 Å². The molecule has 3 aromatic rings. The van der Waals surface area contributed by atoms with E-state index >= 15 is 0 Å². The first-order chi connectivity index (χ1) is 18.1. The zero-order chi connectivity index (χ0) is 27.2. The van der Waals surface area contributed by atoms with Gasteiger partial charge in [0.25, 0.3) is 5.56 Å². The van der Waals surface area contributed by atoms with Gasteiger partial charge in [0.05, 0.1) is 25.6 Å². The van der Waals surface area contributed by atoms with Gasteiger partial charge in [0.15, 0.2) is 11.5 Å². The number of nitrogens with two attached hydrogens (primary N) is 2. The van der Waals surface area contributed by atoms with Crippen LogP contribution in [0.2, 0.25) is 0 Å². The molecule has 5 rings (SSSR count). The normalized spacial score (nSPS) is 29.2. The van der Waals surface area contributed by atoms with Gasteiger partial charge < -0.3 is 25.4 Å². The van der Waals surface area contributed by atoms with Gasteiger partial charge in [-0.1, -0.05) is 0 Å². The summed E-state index contributed by atoms with van der Waals surface area (Å²) >= 11 is 0. The summed E-state index contributed by atoms with van der Waals surface area (Å²) in [5.41, 5.74) is 11.4. The number of rotatable bonds is 8. The molecule has 0 spiro atoms. The molecule has 0 radical (unpaired) electrons. The van der Waals surface area contributed by atoms with Gasteiger partial charge >= 0.3 is 13.4 Å². The highest BCUT2D eigenvalue weighted by molar-refractivity contribution is 7.51. The van der Waals surface area contributed by atoms with Crippen molar-refractivity contribution in [1.82, 2.24) is 29.1 Å². The van der Waals surface area contributed by atoms with Crippen LogP contribution < -0.4 is 22.5 Å². The fraction of sp³-hybridized carbons (Fsp3) is 0.550. The number of nitrogens with zero attached hydrogens (tertiary/aromatic N) is 5. The Kier molecular flexibility index (Phi) is 7.19. The van der Waals surface area contributed by atoms with Gasteiger partial charge in [-0.25, -0.2) is 29.8 Å². The Morgan fingerprint density at radius 2 is 1.92 bits per heavy atom. The predicted molar refractivity (Wildman–Crippen MR) is 129 cm³/mol. The summed E-state index contributed by atoms with van der Waals surface area (Å²) < 4.78 is 38.0. The highest BCUT2D eigenvalue weighted by Gasteiger charge is 2.42. The molecule has 0 aliphatic carbocycles. The number of nitrogens with one attached hydrogen (secondary N) is 1. The van der Waals surface area contributed by atoms with E-state index in [1.165, 1.54) is 25.8 Å². The lowest BCUT2D eigenvalue weighted by Crippen LogP contribution is -2.33. The van der Waals surface area contributed by atoms with Crippen LogP contribution in [0.25, 0.3) is 11.2 Å². The maximum Gasteiger partial charge on any atom is 0.403 e. The minimum Gasteiger partial charge on any atom is -0.394 e. The second-order valence-electron chi connectivity index (χ2n) is 9.02. The smallest absolute Gasteiger partial charge is 0.394 e. The second-order valence-corrected chi connectivity index (χ2v) is 10.6. The fourth-order valence-corrected chi connectivity index (χ4v) is 5.47. The van der Waals surface area contributed by atoms with Crippen molar-refractivity contribution in [3.8, 4) is 0 Å². The van der Waals surface area contributed by atoms with Crippen molar-refractivity contribution < 1.29 is 33.3 Å². The molecule has 2 aliphatic heterocycles. The van der Waals surface area contributed by atoms with Gasteiger partial charge in [0.2, 0.25) is 0 Å². The Bertz CT molecular complexity index is 1490. The summed E-state index contributed by atoms with van der Waals surface area (Å²) in [5.74, 6) is 0.202. The van der Waals surface area contributed by atoms with Gasteiger partial charge in [-0.15, -0.1) is 0 Å². The zero-order valence-electron chi connectivity index (χ0n) is 20.1. The first-order valence-corrected chi connectivity index (χ1v) is 13.2. The Balaban J connectivity index is 1.22. The molecule has 7 N–H and O–H groups in total. The number of fused-ring (bicyclic) bond motifs is 1. The third-order valence-electron chi connectivity index (χ3n) is 6.42. The number of H-pyrrole nitrogens is 1. The maximum atomic E-state index is 12.9. The summed E-state index contributed by atoms with van der Waals surface area (Å²) in [6.45, 7) is 0.636. The molecule has 0 bridgehead atoms. The van der Waals surface area contributed by atoms with E-state index in [-0.39, 0.29) is 30.8 Å². The van der Waals surface area contributed by atoms with E-state index in [1.807, 2.05) is 0 Å². The molecule has 0 aromatic carbocycles. The molecule has 38 heavy (non-hydrogen) atoms. The van der Waals surface area contributed by atoms with E-state index in [1.54, 1.807) is 4.57 Å². The first kappa shape index (κ1) is 26.6. The number of ether oxygens (including phenoxy) is 2. The Labute approximate surface area is 213 Å². The summed E-state index contributed by atoms with van der Waals surface area (Å²) in [5, 5.41) is 20.2. The van der Waals surface area contributed by atoms with E-state index in [0.29, 0.717) is 11.2 Å². The van der Waals surface area contributed by atoms with Crippen LogP contribution in [0.15, 0.2) is 28.4 Å². The third kappa shape index (κ3) is 5.14. The van der Waals surface area contributed by atoms with E-state index in [9.17, 15) is 24.4 Å². The monoisotopic (exact) mass is 554 g/mol. The number of hydrogen-bond acceptors (Lipinski definition) is 13. The van der Waals surface area contributed by atoms with Crippen LogP contribution >= 0.6 is 7.75 Å². The second kappa shape index (κ2) is 10.3. The van der Waals surface area contributed by atoms with Crippen LogP contribution in [0.3, 0.4) is 0 Å². The number of hydrogen-bond donors (Lipinski definition) is 5. The van der Waals surface area contributed by atoms with Crippen molar-refractivity contribution in [2.75, 3.05) is 18.9 Å². The number of aliphatic hydroxyl groups is 2. The average molecular weight is 554 g/mol. The van der Waals surface area contributed by atoms with Crippen molar-refractivity contribution >= 4 is 24.7 Å². The molecule has 7 atom stereocenters. The van der Waals surface area contributed by atoms with Crippen molar-refractivity contribution in [3.63, 3.8) is 0 Å². The average Bonchev–Trinajstić information content (AvgIpc) is 3.57. The van der Waals surface area contributed by atoms with Gasteiger partial charge in [-0.2, -0.15) is 0 Å². The number of aryl methyl sites for hydroxylation is 1. The summed E-state index contributed by atoms with van der Waals surface area (Å²) in [6, 6.07) is 0. The number of anilines is 1. The number of nitrogen functional groups attached to an aromatic ring is 1. The molecule has 5 heterocycles. The number of aromatic nitrogens is 6. The van der Waals surface area contributed by atoms with E-state index in [0.717, 1.165) is 4.57 Å². The molecule has 2 saturated heterocycles.